The van der Waals surface area contributed by atoms with Crippen LogP contribution in [0, 0.1) is 0 Å². The lowest BCUT2D eigenvalue weighted by Gasteiger charge is -2.26. The average Bonchev–Trinajstić information content (AvgIpc) is 3.09. The first kappa shape index (κ1) is 25.1. The van der Waals surface area contributed by atoms with E-state index in [1.165, 1.54) is 12.0 Å². The Hall–Kier alpha value is -3.52. The second-order valence-corrected chi connectivity index (χ2v) is 8.22. The molecule has 1 unspecified atom stereocenters. The maximum Gasteiger partial charge on any atom is 0.295 e. The molecule has 2 aromatic carbocycles. The summed E-state index contributed by atoms with van der Waals surface area (Å²) in [6.45, 7) is 3.46. The van der Waals surface area contributed by atoms with Crippen LogP contribution in [0.25, 0.3) is 5.76 Å². The van der Waals surface area contributed by atoms with Gasteiger partial charge in [0, 0.05) is 12.1 Å². The fraction of sp³-hybridized carbons (Fsp3) is 0.385. The van der Waals surface area contributed by atoms with Crippen molar-refractivity contribution in [3.05, 3.63) is 59.2 Å². The van der Waals surface area contributed by atoms with Crippen LogP contribution in [0.2, 0.25) is 0 Å². The van der Waals surface area contributed by atoms with E-state index in [4.69, 9.17) is 14.2 Å². The molecule has 0 saturated carbocycles. The molecular formula is C26H32N2O6. The fourth-order valence-corrected chi connectivity index (χ4v) is 4.05. The Morgan fingerprint density at radius 1 is 1.03 bits per heavy atom. The Kier molecular flexibility index (Phi) is 8.17. The lowest BCUT2D eigenvalue weighted by atomic mass is 9.95. The number of Topliss-reactive ketones (excluding diaryl/α,β-unsaturated/α-hetero) is 1. The molecule has 0 radical (unpaired) electrons. The number of amides is 1. The summed E-state index contributed by atoms with van der Waals surface area (Å²) in [5, 5.41) is 11.2. The van der Waals surface area contributed by atoms with E-state index >= 15 is 0 Å². The summed E-state index contributed by atoms with van der Waals surface area (Å²) in [4.78, 5) is 29.8. The number of nitrogens with zero attached hydrogens (tertiary/aromatic N) is 2. The van der Waals surface area contributed by atoms with E-state index in [0.717, 1.165) is 6.54 Å². The van der Waals surface area contributed by atoms with Crippen LogP contribution < -0.4 is 14.2 Å². The number of ether oxygens (including phenoxy) is 3. The largest absolute Gasteiger partial charge is 0.507 e. The van der Waals surface area contributed by atoms with Gasteiger partial charge >= 0.3 is 0 Å². The highest BCUT2D eigenvalue weighted by Gasteiger charge is 2.46. The van der Waals surface area contributed by atoms with Gasteiger partial charge in [0.1, 0.15) is 11.5 Å². The third-order valence-electron chi connectivity index (χ3n) is 5.71. The zero-order chi connectivity index (χ0) is 24.8. The standard InChI is InChI=1S/C26H32N2O6/c1-6-34-20-13-10-18(16-21(20)33-5)23-22(24(29)17-8-11-19(32-4)12-9-17)25(30)26(31)28(23)15-7-14-27(2)3/h8-13,16,23,29H,6-7,14-15H2,1-5H3/b24-22+. The van der Waals surface area contributed by atoms with Gasteiger partial charge in [-0.25, -0.2) is 0 Å². The topological polar surface area (TPSA) is 88.5 Å². The Balaban J connectivity index is 2.12. The molecule has 34 heavy (non-hydrogen) atoms. The maximum atomic E-state index is 13.2. The first-order valence-corrected chi connectivity index (χ1v) is 11.2. The number of rotatable bonds is 10. The molecule has 1 N–H and O–H groups in total. The highest BCUT2D eigenvalue weighted by atomic mass is 16.5. The molecule has 1 heterocycles. The number of carbonyl (C=O) groups excluding carboxylic acids is 2. The van der Waals surface area contributed by atoms with Crippen molar-refractivity contribution in [1.82, 2.24) is 9.80 Å². The summed E-state index contributed by atoms with van der Waals surface area (Å²) in [5.41, 5.74) is 1.13. The van der Waals surface area contributed by atoms with Gasteiger partial charge in [0.25, 0.3) is 11.7 Å². The molecule has 8 heteroatoms. The van der Waals surface area contributed by atoms with Crippen LogP contribution in [0.3, 0.4) is 0 Å². The van der Waals surface area contributed by atoms with E-state index in [9.17, 15) is 14.7 Å². The second kappa shape index (κ2) is 11.1. The third kappa shape index (κ3) is 5.17. The Morgan fingerprint density at radius 2 is 1.74 bits per heavy atom. The van der Waals surface area contributed by atoms with Crippen LogP contribution in [0.15, 0.2) is 48.0 Å². The molecule has 3 rings (SSSR count). The molecule has 0 spiro atoms. The summed E-state index contributed by atoms with van der Waals surface area (Å²) >= 11 is 0. The number of aliphatic hydroxyl groups is 1. The maximum absolute atomic E-state index is 13.2. The van der Waals surface area contributed by atoms with E-state index in [0.29, 0.717) is 47.9 Å². The average molecular weight is 469 g/mol. The van der Waals surface area contributed by atoms with Crippen molar-refractivity contribution in [2.45, 2.75) is 19.4 Å². The highest BCUT2D eigenvalue weighted by molar-refractivity contribution is 6.46. The molecule has 2 aromatic rings. The van der Waals surface area contributed by atoms with Gasteiger partial charge in [-0.05, 0) is 75.9 Å². The molecule has 1 fully saturated rings. The van der Waals surface area contributed by atoms with E-state index in [2.05, 4.69) is 0 Å². The zero-order valence-corrected chi connectivity index (χ0v) is 20.3. The van der Waals surface area contributed by atoms with Crippen LogP contribution in [-0.4, -0.2) is 74.6 Å². The Morgan fingerprint density at radius 3 is 2.32 bits per heavy atom. The highest BCUT2D eigenvalue weighted by Crippen LogP contribution is 2.42. The monoisotopic (exact) mass is 468 g/mol. The summed E-state index contributed by atoms with van der Waals surface area (Å²) in [6, 6.07) is 11.2. The van der Waals surface area contributed by atoms with Crippen molar-refractivity contribution in [2.24, 2.45) is 0 Å². The molecule has 8 nitrogen and oxygen atoms in total. The van der Waals surface area contributed by atoms with Gasteiger partial charge in [0.15, 0.2) is 11.5 Å². The van der Waals surface area contributed by atoms with Crippen molar-refractivity contribution < 1.29 is 28.9 Å². The van der Waals surface area contributed by atoms with Crippen LogP contribution in [-0.2, 0) is 9.59 Å². The predicted octanol–water partition coefficient (Wildman–Crippen LogP) is 3.48. The molecule has 182 valence electrons. The third-order valence-corrected chi connectivity index (χ3v) is 5.71. The minimum Gasteiger partial charge on any atom is -0.507 e. The number of hydrogen-bond donors (Lipinski definition) is 1. The number of benzene rings is 2. The van der Waals surface area contributed by atoms with Crippen molar-refractivity contribution in [2.75, 3.05) is 48.0 Å². The smallest absolute Gasteiger partial charge is 0.295 e. The van der Waals surface area contributed by atoms with Crippen LogP contribution in [0.5, 0.6) is 17.2 Å². The molecule has 1 saturated heterocycles. The number of ketones is 1. The van der Waals surface area contributed by atoms with Crippen LogP contribution in [0.4, 0.5) is 0 Å². The quantitative estimate of drug-likeness (QED) is 0.324. The number of aliphatic hydroxyl groups excluding tert-OH is 1. The van der Waals surface area contributed by atoms with Gasteiger partial charge in [0.05, 0.1) is 32.4 Å². The minimum atomic E-state index is -0.756. The normalized spacial score (nSPS) is 17.4. The van der Waals surface area contributed by atoms with E-state index < -0.39 is 17.7 Å². The first-order chi connectivity index (χ1) is 16.3. The van der Waals surface area contributed by atoms with Crippen LogP contribution in [0.1, 0.15) is 30.5 Å². The Bertz CT molecular complexity index is 1060. The van der Waals surface area contributed by atoms with Crippen LogP contribution >= 0.6 is 0 Å². The van der Waals surface area contributed by atoms with E-state index in [1.54, 1.807) is 49.6 Å². The predicted molar refractivity (Wildman–Crippen MR) is 129 cm³/mol. The lowest BCUT2D eigenvalue weighted by Crippen LogP contribution is -2.32. The summed E-state index contributed by atoms with van der Waals surface area (Å²) in [5.74, 6) is 0.0984. The summed E-state index contributed by atoms with van der Waals surface area (Å²) in [6.07, 6.45) is 0.674. The van der Waals surface area contributed by atoms with E-state index in [-0.39, 0.29) is 11.3 Å². The molecule has 1 atom stereocenters. The van der Waals surface area contributed by atoms with Gasteiger partial charge in [0.2, 0.25) is 0 Å². The number of hydrogen-bond acceptors (Lipinski definition) is 7. The molecule has 0 bridgehead atoms. The number of likely N-dealkylation sites (tertiary alicyclic amines) is 1. The molecule has 0 aliphatic carbocycles. The van der Waals surface area contributed by atoms with Crippen molar-refractivity contribution in [3.8, 4) is 17.2 Å². The second-order valence-electron chi connectivity index (χ2n) is 8.22. The molecule has 0 aromatic heterocycles. The van der Waals surface area contributed by atoms with Gasteiger partial charge in [-0.15, -0.1) is 0 Å². The molecule has 1 aliphatic heterocycles. The van der Waals surface area contributed by atoms with Crippen molar-refractivity contribution in [1.29, 1.82) is 0 Å². The molecule has 1 aliphatic rings. The van der Waals surface area contributed by atoms with Crippen molar-refractivity contribution in [3.63, 3.8) is 0 Å². The molecular weight excluding hydrogens is 436 g/mol. The lowest BCUT2D eigenvalue weighted by molar-refractivity contribution is -0.139. The SMILES string of the molecule is CCOc1ccc(C2/C(=C(\O)c3ccc(OC)cc3)C(=O)C(=O)N2CCCN(C)C)cc1OC. The number of methoxy groups -OCH3 is 2. The van der Waals surface area contributed by atoms with Gasteiger partial charge < -0.3 is 29.1 Å². The fourth-order valence-electron chi connectivity index (χ4n) is 4.05. The van der Waals surface area contributed by atoms with Gasteiger partial charge in [-0.2, -0.15) is 0 Å². The number of carbonyl (C=O) groups is 2. The first-order valence-electron chi connectivity index (χ1n) is 11.2. The molecule has 1 amide bonds. The minimum absolute atomic E-state index is 0.0474. The van der Waals surface area contributed by atoms with E-state index in [1.807, 2.05) is 25.9 Å². The van der Waals surface area contributed by atoms with Crippen molar-refractivity contribution >= 4 is 17.4 Å². The summed E-state index contributed by atoms with van der Waals surface area (Å²) in [7, 11) is 6.99. The summed E-state index contributed by atoms with van der Waals surface area (Å²) < 4.78 is 16.3. The Labute approximate surface area is 200 Å². The van der Waals surface area contributed by atoms with Gasteiger partial charge in [-0.3, -0.25) is 9.59 Å². The van der Waals surface area contributed by atoms with Gasteiger partial charge in [-0.1, -0.05) is 6.07 Å². The zero-order valence-electron chi connectivity index (χ0n) is 20.3.